The number of hydrogen-bond donors (Lipinski definition) is 1. The summed E-state index contributed by atoms with van der Waals surface area (Å²) in [5, 5.41) is 3.83. The van der Waals surface area contributed by atoms with Crippen LogP contribution in [0.1, 0.15) is 51.9 Å². The van der Waals surface area contributed by atoms with Gasteiger partial charge in [0.15, 0.2) is 0 Å². The van der Waals surface area contributed by atoms with Gasteiger partial charge in [0.2, 0.25) is 0 Å². The lowest BCUT2D eigenvalue weighted by Gasteiger charge is -2.43. The molecule has 3 atom stereocenters. The van der Waals surface area contributed by atoms with Crippen LogP contribution in [0.3, 0.4) is 0 Å². The van der Waals surface area contributed by atoms with Crippen molar-refractivity contribution >= 4 is 0 Å². The molecular weight excluding hydrogens is 238 g/mol. The average molecular weight is 267 g/mol. The highest BCUT2D eigenvalue weighted by Gasteiger charge is 2.39. The quantitative estimate of drug-likeness (QED) is 0.853. The van der Waals surface area contributed by atoms with E-state index >= 15 is 0 Å². The lowest BCUT2D eigenvalue weighted by atomic mass is 9.84. The maximum Gasteiger partial charge on any atom is 0.0741 e. The summed E-state index contributed by atoms with van der Waals surface area (Å²) < 4.78 is 11.6. The summed E-state index contributed by atoms with van der Waals surface area (Å²) >= 11 is 0. The van der Waals surface area contributed by atoms with Gasteiger partial charge in [-0.15, -0.1) is 0 Å². The molecule has 0 aromatic heterocycles. The van der Waals surface area contributed by atoms with E-state index in [4.69, 9.17) is 9.47 Å². The first-order valence-corrected chi connectivity index (χ1v) is 8.21. The molecule has 0 aromatic rings. The fourth-order valence-corrected chi connectivity index (χ4v) is 4.14. The van der Waals surface area contributed by atoms with Crippen LogP contribution in [0.25, 0.3) is 0 Å². The van der Waals surface area contributed by atoms with Crippen LogP contribution in [-0.2, 0) is 9.47 Å². The third kappa shape index (κ3) is 3.50. The van der Waals surface area contributed by atoms with E-state index in [1.54, 1.807) is 0 Å². The maximum absolute atomic E-state index is 6.11. The number of ether oxygens (including phenoxy) is 2. The lowest BCUT2D eigenvalue weighted by molar-refractivity contribution is -0.140. The largest absolute Gasteiger partial charge is 0.381 e. The highest BCUT2D eigenvalue weighted by molar-refractivity contribution is 4.92. The van der Waals surface area contributed by atoms with Crippen LogP contribution in [-0.4, -0.2) is 38.0 Å². The van der Waals surface area contributed by atoms with Crippen LogP contribution in [0.15, 0.2) is 0 Å². The topological polar surface area (TPSA) is 30.5 Å². The van der Waals surface area contributed by atoms with Crippen molar-refractivity contribution < 1.29 is 9.47 Å². The highest BCUT2D eigenvalue weighted by Crippen LogP contribution is 2.35. The Hall–Kier alpha value is -0.120. The van der Waals surface area contributed by atoms with Gasteiger partial charge in [0.1, 0.15) is 0 Å². The smallest absolute Gasteiger partial charge is 0.0741 e. The zero-order valence-corrected chi connectivity index (χ0v) is 12.3. The molecule has 1 saturated carbocycles. The Labute approximate surface area is 117 Å². The predicted octanol–water partition coefficient (Wildman–Crippen LogP) is 2.74. The van der Waals surface area contributed by atoms with Crippen LogP contribution < -0.4 is 5.32 Å². The molecule has 0 amide bonds. The Balaban J connectivity index is 1.45. The molecular formula is C16H29NO2. The summed E-state index contributed by atoms with van der Waals surface area (Å²) in [5.41, 5.74) is 0.136. The first-order chi connectivity index (χ1) is 9.26. The SMILES string of the molecule is CC1CCC(CNC2CCOC3(CCOCC3)C2)C1. The van der Waals surface area contributed by atoms with E-state index in [-0.39, 0.29) is 5.60 Å². The highest BCUT2D eigenvalue weighted by atomic mass is 16.5. The summed E-state index contributed by atoms with van der Waals surface area (Å²) in [6, 6.07) is 0.669. The molecule has 3 unspecified atom stereocenters. The van der Waals surface area contributed by atoms with Crippen molar-refractivity contribution in [3.8, 4) is 0 Å². The van der Waals surface area contributed by atoms with Crippen LogP contribution in [0.5, 0.6) is 0 Å². The van der Waals surface area contributed by atoms with Crippen LogP contribution in [0, 0.1) is 11.8 Å². The van der Waals surface area contributed by atoms with Crippen molar-refractivity contribution in [2.24, 2.45) is 11.8 Å². The van der Waals surface area contributed by atoms with Crippen LogP contribution in [0.4, 0.5) is 0 Å². The van der Waals surface area contributed by atoms with E-state index in [1.165, 1.54) is 38.6 Å². The van der Waals surface area contributed by atoms with Gasteiger partial charge in [-0.25, -0.2) is 0 Å². The molecule has 2 heterocycles. The monoisotopic (exact) mass is 267 g/mol. The molecule has 1 spiro atoms. The molecule has 3 aliphatic rings. The van der Waals surface area contributed by atoms with E-state index in [0.29, 0.717) is 6.04 Å². The van der Waals surface area contributed by atoms with Gasteiger partial charge in [0, 0.05) is 25.9 Å². The van der Waals surface area contributed by atoms with E-state index in [1.807, 2.05) is 0 Å². The Morgan fingerprint density at radius 2 is 1.95 bits per heavy atom. The van der Waals surface area contributed by atoms with E-state index < -0.39 is 0 Å². The Morgan fingerprint density at radius 3 is 2.68 bits per heavy atom. The number of hydrogen-bond acceptors (Lipinski definition) is 3. The van der Waals surface area contributed by atoms with Gasteiger partial charge in [0.25, 0.3) is 0 Å². The van der Waals surface area contributed by atoms with E-state index in [0.717, 1.165) is 44.5 Å². The minimum Gasteiger partial charge on any atom is -0.381 e. The molecule has 110 valence electrons. The molecule has 0 bridgehead atoms. The molecule has 3 fully saturated rings. The second-order valence-electron chi connectivity index (χ2n) is 7.03. The van der Waals surface area contributed by atoms with Gasteiger partial charge >= 0.3 is 0 Å². The van der Waals surface area contributed by atoms with E-state index in [9.17, 15) is 0 Å². The van der Waals surface area contributed by atoms with Crippen LogP contribution in [0.2, 0.25) is 0 Å². The predicted molar refractivity (Wildman–Crippen MR) is 76.3 cm³/mol. The first-order valence-electron chi connectivity index (χ1n) is 8.21. The molecule has 19 heavy (non-hydrogen) atoms. The molecule has 0 radical (unpaired) electrons. The lowest BCUT2D eigenvalue weighted by Crippen LogP contribution is -2.50. The first kappa shape index (κ1) is 13.8. The minimum atomic E-state index is 0.136. The Bertz CT molecular complexity index is 283. The Kier molecular flexibility index (Phi) is 4.45. The standard InChI is InChI=1S/C16H29NO2/c1-13-2-3-14(10-13)12-17-15-4-7-19-16(11-15)5-8-18-9-6-16/h13-15,17H,2-12H2,1H3. The van der Waals surface area contributed by atoms with Gasteiger partial charge in [-0.3, -0.25) is 0 Å². The summed E-state index contributed by atoms with van der Waals surface area (Å²) in [6.07, 6.45) is 8.84. The van der Waals surface area contributed by atoms with Crippen molar-refractivity contribution in [3.63, 3.8) is 0 Å². The van der Waals surface area contributed by atoms with Crippen LogP contribution >= 0.6 is 0 Å². The molecule has 3 rings (SSSR count). The number of rotatable bonds is 3. The average Bonchev–Trinajstić information content (AvgIpc) is 2.83. The van der Waals surface area contributed by atoms with Gasteiger partial charge in [-0.05, 0) is 56.9 Å². The fourth-order valence-electron chi connectivity index (χ4n) is 4.14. The van der Waals surface area contributed by atoms with Crippen molar-refractivity contribution in [1.82, 2.24) is 5.32 Å². The molecule has 1 aliphatic carbocycles. The van der Waals surface area contributed by atoms with E-state index in [2.05, 4.69) is 12.2 Å². The molecule has 2 saturated heterocycles. The fraction of sp³-hybridized carbons (Fsp3) is 1.00. The molecule has 1 N–H and O–H groups in total. The molecule has 3 nitrogen and oxygen atoms in total. The summed E-state index contributed by atoms with van der Waals surface area (Å²) in [6.45, 7) is 6.31. The zero-order valence-electron chi connectivity index (χ0n) is 12.3. The van der Waals surface area contributed by atoms with Crippen molar-refractivity contribution in [2.45, 2.75) is 63.5 Å². The maximum atomic E-state index is 6.11. The van der Waals surface area contributed by atoms with Gasteiger partial charge in [-0.2, -0.15) is 0 Å². The van der Waals surface area contributed by atoms with Crippen molar-refractivity contribution in [1.29, 1.82) is 0 Å². The third-order valence-electron chi connectivity index (χ3n) is 5.40. The third-order valence-corrected chi connectivity index (χ3v) is 5.40. The molecule has 2 aliphatic heterocycles. The molecule has 0 aromatic carbocycles. The summed E-state index contributed by atoms with van der Waals surface area (Å²) in [7, 11) is 0. The second kappa shape index (κ2) is 6.11. The van der Waals surface area contributed by atoms with Crippen molar-refractivity contribution in [2.75, 3.05) is 26.4 Å². The normalized spacial score (nSPS) is 38.7. The van der Waals surface area contributed by atoms with Gasteiger partial charge in [0.05, 0.1) is 5.60 Å². The van der Waals surface area contributed by atoms with Crippen molar-refractivity contribution in [3.05, 3.63) is 0 Å². The number of nitrogens with one attached hydrogen (secondary N) is 1. The summed E-state index contributed by atoms with van der Waals surface area (Å²) in [4.78, 5) is 0. The Morgan fingerprint density at radius 1 is 1.11 bits per heavy atom. The minimum absolute atomic E-state index is 0.136. The molecule has 3 heteroatoms. The zero-order chi connectivity index (χ0) is 13.1. The second-order valence-corrected chi connectivity index (χ2v) is 7.03. The van der Waals surface area contributed by atoms with Gasteiger partial charge < -0.3 is 14.8 Å². The van der Waals surface area contributed by atoms with Gasteiger partial charge in [-0.1, -0.05) is 13.3 Å². The summed E-state index contributed by atoms with van der Waals surface area (Å²) in [5.74, 6) is 1.87.